The molecule has 0 aliphatic rings. The summed E-state index contributed by atoms with van der Waals surface area (Å²) in [6, 6.07) is 2.03. The van der Waals surface area contributed by atoms with Gasteiger partial charge in [0.15, 0.2) is 0 Å². The van der Waals surface area contributed by atoms with Crippen LogP contribution in [0.25, 0.3) is 10.9 Å². The molecular weight excluding hydrogens is 174 g/mol. The Morgan fingerprint density at radius 2 is 2.36 bits per heavy atom. The molecule has 2 aromatic rings. The minimum atomic E-state index is 0.733. The molecule has 2 aromatic heterocycles. The number of aromatic nitrogens is 2. The Kier molecular flexibility index (Phi) is 2.23. The van der Waals surface area contributed by atoms with E-state index in [9.17, 15) is 0 Å². The molecule has 72 valence electrons. The minimum absolute atomic E-state index is 0.733. The van der Waals surface area contributed by atoms with Gasteiger partial charge in [-0.1, -0.05) is 6.08 Å². The van der Waals surface area contributed by atoms with Crippen molar-refractivity contribution in [3.05, 3.63) is 37.3 Å². The fourth-order valence-corrected chi connectivity index (χ4v) is 1.60. The number of nitrogens with zero attached hydrogens (tertiary/aromatic N) is 2. The second kappa shape index (κ2) is 3.54. The highest BCUT2D eigenvalue weighted by atomic mass is 15.0. The lowest BCUT2D eigenvalue weighted by Crippen LogP contribution is -1.98. The summed E-state index contributed by atoms with van der Waals surface area (Å²) in [5.74, 6) is 0. The van der Waals surface area contributed by atoms with Crippen molar-refractivity contribution in [1.82, 2.24) is 9.55 Å². The number of fused-ring (bicyclic) bond motifs is 1. The van der Waals surface area contributed by atoms with E-state index >= 15 is 0 Å². The molecular formula is C11H13N3. The van der Waals surface area contributed by atoms with Gasteiger partial charge in [0.1, 0.15) is 0 Å². The predicted octanol–water partition coefficient (Wildman–Crippen LogP) is 2.19. The Balaban J connectivity index is 2.50. The Bertz CT molecular complexity index is 457. The van der Waals surface area contributed by atoms with E-state index in [1.807, 2.05) is 24.5 Å². The number of nitrogens with two attached hydrogens (primary N) is 1. The molecule has 0 aromatic carbocycles. The molecule has 2 N–H and O–H groups in total. The van der Waals surface area contributed by atoms with Crippen molar-refractivity contribution >= 4 is 16.6 Å². The van der Waals surface area contributed by atoms with Crippen molar-refractivity contribution in [1.29, 1.82) is 0 Å². The Morgan fingerprint density at radius 1 is 1.50 bits per heavy atom. The normalized spacial score (nSPS) is 10.6. The quantitative estimate of drug-likeness (QED) is 0.748. The minimum Gasteiger partial charge on any atom is -0.396 e. The molecule has 14 heavy (non-hydrogen) atoms. The van der Waals surface area contributed by atoms with E-state index < -0.39 is 0 Å². The first-order valence-electron chi connectivity index (χ1n) is 4.62. The summed E-state index contributed by atoms with van der Waals surface area (Å²) in [5.41, 5.74) is 7.67. The SMILES string of the molecule is C=CCCn1ccc2cncc(N)c21. The number of anilines is 1. The maximum Gasteiger partial charge on any atom is 0.0747 e. The van der Waals surface area contributed by atoms with Crippen molar-refractivity contribution < 1.29 is 0 Å². The molecule has 0 atom stereocenters. The van der Waals surface area contributed by atoms with E-state index in [2.05, 4.69) is 16.1 Å². The molecule has 3 heteroatoms. The van der Waals surface area contributed by atoms with Gasteiger partial charge in [-0.05, 0) is 12.5 Å². The number of aryl methyl sites for hydroxylation is 1. The average Bonchev–Trinajstić information content (AvgIpc) is 2.59. The molecule has 2 heterocycles. The van der Waals surface area contributed by atoms with Crippen LogP contribution in [-0.2, 0) is 6.54 Å². The Hall–Kier alpha value is -1.77. The van der Waals surface area contributed by atoms with Gasteiger partial charge in [0.05, 0.1) is 17.4 Å². The summed E-state index contributed by atoms with van der Waals surface area (Å²) in [6.45, 7) is 4.62. The monoisotopic (exact) mass is 187 g/mol. The summed E-state index contributed by atoms with van der Waals surface area (Å²) >= 11 is 0. The van der Waals surface area contributed by atoms with Gasteiger partial charge in [0.25, 0.3) is 0 Å². The zero-order valence-corrected chi connectivity index (χ0v) is 7.98. The molecule has 0 saturated carbocycles. The molecule has 0 spiro atoms. The van der Waals surface area contributed by atoms with E-state index in [0.29, 0.717) is 0 Å². The summed E-state index contributed by atoms with van der Waals surface area (Å²) < 4.78 is 2.13. The third-order valence-corrected chi connectivity index (χ3v) is 2.27. The van der Waals surface area contributed by atoms with Crippen molar-refractivity contribution in [3.8, 4) is 0 Å². The van der Waals surface area contributed by atoms with Gasteiger partial charge in [-0.2, -0.15) is 0 Å². The van der Waals surface area contributed by atoms with Crippen molar-refractivity contribution in [2.24, 2.45) is 0 Å². The number of hydrogen-bond acceptors (Lipinski definition) is 2. The summed E-state index contributed by atoms with van der Waals surface area (Å²) in [6.07, 6.45) is 8.41. The lowest BCUT2D eigenvalue weighted by atomic mass is 10.3. The van der Waals surface area contributed by atoms with Crippen LogP contribution in [0.1, 0.15) is 6.42 Å². The number of nitrogen functional groups attached to an aromatic ring is 1. The van der Waals surface area contributed by atoms with E-state index in [0.717, 1.165) is 29.6 Å². The highest BCUT2D eigenvalue weighted by Gasteiger charge is 2.03. The number of pyridine rings is 1. The third kappa shape index (κ3) is 1.37. The first-order valence-corrected chi connectivity index (χ1v) is 4.62. The number of allylic oxidation sites excluding steroid dienone is 1. The van der Waals surface area contributed by atoms with Gasteiger partial charge in [0, 0.05) is 24.3 Å². The lowest BCUT2D eigenvalue weighted by molar-refractivity contribution is 0.739. The fraction of sp³-hybridized carbons (Fsp3) is 0.182. The molecule has 0 aliphatic heterocycles. The van der Waals surface area contributed by atoms with Crippen LogP contribution >= 0.6 is 0 Å². The lowest BCUT2D eigenvalue weighted by Gasteiger charge is -2.04. The first kappa shape index (κ1) is 8.81. The number of rotatable bonds is 3. The molecule has 2 rings (SSSR count). The zero-order chi connectivity index (χ0) is 9.97. The van der Waals surface area contributed by atoms with Crippen LogP contribution in [-0.4, -0.2) is 9.55 Å². The second-order valence-corrected chi connectivity index (χ2v) is 3.25. The van der Waals surface area contributed by atoms with E-state index in [4.69, 9.17) is 5.73 Å². The van der Waals surface area contributed by atoms with Gasteiger partial charge in [-0.15, -0.1) is 6.58 Å². The smallest absolute Gasteiger partial charge is 0.0747 e. The molecule has 0 radical (unpaired) electrons. The molecule has 0 unspecified atom stereocenters. The first-order chi connectivity index (χ1) is 6.83. The van der Waals surface area contributed by atoms with Crippen molar-refractivity contribution in [2.45, 2.75) is 13.0 Å². The van der Waals surface area contributed by atoms with Gasteiger partial charge in [0.2, 0.25) is 0 Å². The highest BCUT2D eigenvalue weighted by Crippen LogP contribution is 2.20. The standard InChI is InChI=1S/C11H13N3/c1-2-3-5-14-6-4-9-7-13-8-10(12)11(9)14/h2,4,6-8H,1,3,5,12H2. The second-order valence-electron chi connectivity index (χ2n) is 3.25. The topological polar surface area (TPSA) is 43.8 Å². The zero-order valence-electron chi connectivity index (χ0n) is 7.98. The molecule has 0 fully saturated rings. The van der Waals surface area contributed by atoms with Crippen LogP contribution in [0, 0.1) is 0 Å². The molecule has 0 amide bonds. The summed E-state index contributed by atoms with van der Waals surface area (Å²) in [4.78, 5) is 4.05. The van der Waals surface area contributed by atoms with Crippen LogP contribution < -0.4 is 5.73 Å². The summed E-state index contributed by atoms with van der Waals surface area (Å²) in [5, 5.41) is 1.09. The largest absolute Gasteiger partial charge is 0.396 e. The number of hydrogen-bond donors (Lipinski definition) is 1. The van der Waals surface area contributed by atoms with Gasteiger partial charge >= 0.3 is 0 Å². The Labute approximate surface area is 82.9 Å². The van der Waals surface area contributed by atoms with E-state index in [1.54, 1.807) is 6.20 Å². The van der Waals surface area contributed by atoms with Crippen molar-refractivity contribution in [3.63, 3.8) is 0 Å². The van der Waals surface area contributed by atoms with E-state index in [1.165, 1.54) is 0 Å². The maximum absolute atomic E-state index is 5.86. The highest BCUT2D eigenvalue weighted by molar-refractivity contribution is 5.89. The van der Waals surface area contributed by atoms with Gasteiger partial charge in [-0.3, -0.25) is 4.98 Å². The molecule has 3 nitrogen and oxygen atoms in total. The molecule has 0 aliphatic carbocycles. The van der Waals surface area contributed by atoms with Crippen molar-refractivity contribution in [2.75, 3.05) is 5.73 Å². The predicted molar refractivity (Wildman–Crippen MR) is 59.0 cm³/mol. The van der Waals surface area contributed by atoms with E-state index in [-0.39, 0.29) is 0 Å². The maximum atomic E-state index is 5.86. The Morgan fingerprint density at radius 3 is 3.14 bits per heavy atom. The third-order valence-electron chi connectivity index (χ3n) is 2.27. The van der Waals surface area contributed by atoms with Crippen LogP contribution in [0.3, 0.4) is 0 Å². The molecule has 0 bridgehead atoms. The average molecular weight is 187 g/mol. The van der Waals surface area contributed by atoms with Gasteiger partial charge < -0.3 is 10.3 Å². The van der Waals surface area contributed by atoms with Crippen LogP contribution in [0.15, 0.2) is 37.3 Å². The van der Waals surface area contributed by atoms with Crippen LogP contribution in [0.4, 0.5) is 5.69 Å². The van der Waals surface area contributed by atoms with Gasteiger partial charge in [-0.25, -0.2) is 0 Å². The van der Waals surface area contributed by atoms with Crippen LogP contribution in [0.5, 0.6) is 0 Å². The van der Waals surface area contributed by atoms with Crippen LogP contribution in [0.2, 0.25) is 0 Å². The fourth-order valence-electron chi connectivity index (χ4n) is 1.60. The molecule has 0 saturated heterocycles. The summed E-state index contributed by atoms with van der Waals surface area (Å²) in [7, 11) is 0.